The summed E-state index contributed by atoms with van der Waals surface area (Å²) in [6.07, 6.45) is 5.20. The fourth-order valence-corrected chi connectivity index (χ4v) is 2.67. The second kappa shape index (κ2) is 10.3. The van der Waals surface area contributed by atoms with E-state index in [9.17, 15) is 9.90 Å². The highest BCUT2D eigenvalue weighted by molar-refractivity contribution is 5.76. The smallest absolute Gasteiger partial charge is 0.310 e. The maximum absolute atomic E-state index is 11.8. The number of benzene rings is 1. The van der Waals surface area contributed by atoms with Gasteiger partial charge in [0.15, 0.2) is 0 Å². The molecule has 0 unspecified atom stereocenters. The second-order valence-electron chi connectivity index (χ2n) is 6.23. The van der Waals surface area contributed by atoms with Crippen molar-refractivity contribution in [3.8, 4) is 5.75 Å². The monoisotopic (exact) mass is 382 g/mol. The SMILES string of the molecule is CCOC(=O)Cc1ccccc1O/C(C)=C/C(=C(\C)O)c1cncc(CN)c1. The normalized spacial score (nSPS) is 12.4. The molecule has 6 heteroatoms. The van der Waals surface area contributed by atoms with E-state index in [2.05, 4.69) is 4.98 Å². The highest BCUT2D eigenvalue weighted by Crippen LogP contribution is 2.25. The Morgan fingerprint density at radius 1 is 1.25 bits per heavy atom. The van der Waals surface area contributed by atoms with Crippen molar-refractivity contribution >= 4 is 11.5 Å². The van der Waals surface area contributed by atoms with Crippen LogP contribution in [-0.2, 0) is 22.5 Å². The van der Waals surface area contributed by atoms with Crippen molar-refractivity contribution in [2.45, 2.75) is 33.7 Å². The Morgan fingerprint density at radius 3 is 2.68 bits per heavy atom. The Bertz CT molecular complexity index is 884. The minimum Gasteiger partial charge on any atom is -0.512 e. The molecule has 0 saturated carbocycles. The predicted molar refractivity (Wildman–Crippen MR) is 109 cm³/mol. The van der Waals surface area contributed by atoms with Crippen molar-refractivity contribution in [1.82, 2.24) is 4.98 Å². The highest BCUT2D eigenvalue weighted by Gasteiger charge is 2.11. The molecule has 1 aromatic carbocycles. The fraction of sp³-hybridized carbons (Fsp3) is 0.273. The molecule has 0 bridgehead atoms. The van der Waals surface area contributed by atoms with Gasteiger partial charge in [-0.15, -0.1) is 0 Å². The molecule has 1 heterocycles. The van der Waals surface area contributed by atoms with Gasteiger partial charge in [0.2, 0.25) is 0 Å². The molecule has 0 saturated heterocycles. The molecular weight excluding hydrogens is 356 g/mol. The highest BCUT2D eigenvalue weighted by atomic mass is 16.5. The van der Waals surface area contributed by atoms with Crippen LogP contribution >= 0.6 is 0 Å². The number of rotatable bonds is 8. The van der Waals surface area contributed by atoms with Gasteiger partial charge in [0.1, 0.15) is 11.5 Å². The molecule has 0 fully saturated rings. The number of hydrogen-bond acceptors (Lipinski definition) is 6. The molecule has 0 spiro atoms. The lowest BCUT2D eigenvalue weighted by atomic mass is 10.0. The Labute approximate surface area is 165 Å². The number of nitrogens with zero attached hydrogens (tertiary/aromatic N) is 1. The molecule has 28 heavy (non-hydrogen) atoms. The molecule has 0 aliphatic rings. The van der Waals surface area contributed by atoms with Crippen molar-refractivity contribution in [3.63, 3.8) is 0 Å². The Balaban J connectivity index is 2.27. The van der Waals surface area contributed by atoms with Crippen LogP contribution < -0.4 is 10.5 Å². The first-order valence-electron chi connectivity index (χ1n) is 9.08. The molecule has 1 aromatic heterocycles. The summed E-state index contributed by atoms with van der Waals surface area (Å²) in [7, 11) is 0. The van der Waals surface area contributed by atoms with E-state index in [1.54, 1.807) is 45.3 Å². The third kappa shape index (κ3) is 5.96. The van der Waals surface area contributed by atoms with Gasteiger partial charge in [0.25, 0.3) is 0 Å². The number of pyridine rings is 1. The predicted octanol–water partition coefficient (Wildman–Crippen LogP) is 3.92. The van der Waals surface area contributed by atoms with E-state index < -0.39 is 0 Å². The second-order valence-corrected chi connectivity index (χ2v) is 6.23. The maximum atomic E-state index is 11.8. The van der Waals surface area contributed by atoms with Crippen LogP contribution in [0.5, 0.6) is 5.75 Å². The number of aliphatic hydroxyl groups excluding tert-OH is 1. The van der Waals surface area contributed by atoms with E-state index in [4.69, 9.17) is 15.2 Å². The molecule has 0 aliphatic heterocycles. The molecule has 0 amide bonds. The Kier molecular flexibility index (Phi) is 7.77. The van der Waals surface area contributed by atoms with Crippen LogP contribution in [0.25, 0.3) is 5.57 Å². The number of aromatic nitrogens is 1. The van der Waals surface area contributed by atoms with Crippen molar-refractivity contribution in [1.29, 1.82) is 0 Å². The molecular formula is C22H26N2O4. The molecule has 3 N–H and O–H groups in total. The van der Waals surface area contributed by atoms with Crippen LogP contribution in [0.2, 0.25) is 0 Å². The molecule has 0 aliphatic carbocycles. The lowest BCUT2D eigenvalue weighted by molar-refractivity contribution is -0.142. The van der Waals surface area contributed by atoms with Gasteiger partial charge in [-0.3, -0.25) is 9.78 Å². The molecule has 148 valence electrons. The summed E-state index contributed by atoms with van der Waals surface area (Å²) in [4.78, 5) is 16.0. The van der Waals surface area contributed by atoms with Gasteiger partial charge in [-0.2, -0.15) is 0 Å². The summed E-state index contributed by atoms with van der Waals surface area (Å²) in [5.74, 6) is 0.946. The van der Waals surface area contributed by atoms with Gasteiger partial charge in [-0.25, -0.2) is 0 Å². The minimum atomic E-state index is -0.309. The number of ether oxygens (including phenoxy) is 2. The third-order valence-corrected chi connectivity index (χ3v) is 3.96. The Morgan fingerprint density at radius 2 is 2.00 bits per heavy atom. The van der Waals surface area contributed by atoms with E-state index in [1.165, 1.54) is 0 Å². The lowest BCUT2D eigenvalue weighted by Gasteiger charge is -2.12. The average Bonchev–Trinajstić information content (AvgIpc) is 2.67. The summed E-state index contributed by atoms with van der Waals surface area (Å²) in [6.45, 7) is 5.85. The molecule has 0 radical (unpaired) electrons. The van der Waals surface area contributed by atoms with Gasteiger partial charge >= 0.3 is 5.97 Å². The quantitative estimate of drug-likeness (QED) is 0.408. The number of nitrogens with two attached hydrogens (primary N) is 1. The van der Waals surface area contributed by atoms with E-state index >= 15 is 0 Å². The lowest BCUT2D eigenvalue weighted by Crippen LogP contribution is -2.08. The topological polar surface area (TPSA) is 94.7 Å². The maximum Gasteiger partial charge on any atom is 0.310 e. The van der Waals surface area contributed by atoms with E-state index in [1.807, 2.05) is 24.3 Å². The number of carbonyl (C=O) groups is 1. The fourth-order valence-electron chi connectivity index (χ4n) is 2.67. The summed E-state index contributed by atoms with van der Waals surface area (Å²) in [6, 6.07) is 9.16. The van der Waals surface area contributed by atoms with E-state index in [0.717, 1.165) is 16.7 Å². The number of para-hydroxylation sites is 1. The zero-order valence-corrected chi connectivity index (χ0v) is 16.4. The molecule has 6 nitrogen and oxygen atoms in total. The molecule has 2 rings (SSSR count). The van der Waals surface area contributed by atoms with Gasteiger partial charge in [-0.05, 0) is 44.5 Å². The number of carbonyl (C=O) groups excluding carboxylic acids is 1. The minimum absolute atomic E-state index is 0.126. The van der Waals surface area contributed by atoms with Crippen molar-refractivity contribution in [2.24, 2.45) is 5.73 Å². The number of allylic oxidation sites excluding steroid dienone is 4. The van der Waals surface area contributed by atoms with Crippen LogP contribution in [-0.4, -0.2) is 22.7 Å². The average molecular weight is 382 g/mol. The van der Waals surface area contributed by atoms with Gasteiger partial charge in [-0.1, -0.05) is 18.2 Å². The standard InChI is InChI=1S/C22H26N2O4/c1-4-27-22(26)11-18-7-5-6-8-21(18)28-15(2)9-20(16(3)25)19-10-17(12-23)13-24-14-19/h5-10,13-14,25H,4,11-12,23H2,1-3H3/b15-9+,20-16-. The van der Waals surface area contributed by atoms with Crippen LogP contribution in [0, 0.1) is 0 Å². The van der Waals surface area contributed by atoms with E-state index in [-0.39, 0.29) is 18.1 Å². The number of hydrogen-bond donors (Lipinski definition) is 2. The van der Waals surface area contributed by atoms with Crippen LogP contribution in [0.3, 0.4) is 0 Å². The van der Waals surface area contributed by atoms with Crippen LogP contribution in [0.4, 0.5) is 0 Å². The van der Waals surface area contributed by atoms with Crippen LogP contribution in [0.1, 0.15) is 37.5 Å². The van der Waals surface area contributed by atoms with Crippen LogP contribution in [0.15, 0.2) is 60.3 Å². The number of esters is 1. The summed E-state index contributed by atoms with van der Waals surface area (Å²) in [5.41, 5.74) is 8.60. The molecule has 2 aromatic rings. The van der Waals surface area contributed by atoms with Gasteiger partial charge < -0.3 is 20.3 Å². The largest absolute Gasteiger partial charge is 0.512 e. The van der Waals surface area contributed by atoms with Gasteiger partial charge in [0.05, 0.1) is 18.8 Å². The number of aliphatic hydroxyl groups is 1. The van der Waals surface area contributed by atoms with Crippen molar-refractivity contribution < 1.29 is 19.4 Å². The summed E-state index contributed by atoms with van der Waals surface area (Å²) >= 11 is 0. The first kappa shape index (κ1) is 21.2. The van der Waals surface area contributed by atoms with Crippen molar-refractivity contribution in [2.75, 3.05) is 6.61 Å². The summed E-state index contributed by atoms with van der Waals surface area (Å²) in [5, 5.41) is 10.1. The first-order valence-corrected chi connectivity index (χ1v) is 9.08. The zero-order chi connectivity index (χ0) is 20.5. The van der Waals surface area contributed by atoms with Gasteiger partial charge in [0, 0.05) is 35.6 Å². The Hall–Kier alpha value is -3.12. The molecule has 0 atom stereocenters. The first-order chi connectivity index (χ1) is 13.4. The zero-order valence-electron chi connectivity index (χ0n) is 16.4. The van der Waals surface area contributed by atoms with Crippen molar-refractivity contribution in [3.05, 3.63) is 77.0 Å². The third-order valence-electron chi connectivity index (χ3n) is 3.96. The summed E-state index contributed by atoms with van der Waals surface area (Å²) < 4.78 is 11.0. The van der Waals surface area contributed by atoms with E-state index in [0.29, 0.717) is 30.2 Å².